The molecule has 0 saturated carbocycles. The van der Waals surface area contributed by atoms with Crippen molar-refractivity contribution >= 4 is 5.78 Å². The lowest BCUT2D eigenvalue weighted by atomic mass is 10.1. The number of hydrogen-bond donors (Lipinski definition) is 0. The van der Waals surface area contributed by atoms with E-state index >= 15 is 0 Å². The number of ether oxygens (including phenoxy) is 1. The molecule has 0 aliphatic heterocycles. The van der Waals surface area contributed by atoms with Gasteiger partial charge in [0.2, 0.25) is 0 Å². The zero-order chi connectivity index (χ0) is 15.1. The van der Waals surface area contributed by atoms with Crippen LogP contribution in [0.15, 0.2) is 48.5 Å². The van der Waals surface area contributed by atoms with E-state index in [1.165, 1.54) is 5.56 Å². The van der Waals surface area contributed by atoms with Crippen LogP contribution in [0.25, 0.3) is 0 Å². The quantitative estimate of drug-likeness (QED) is 0.756. The summed E-state index contributed by atoms with van der Waals surface area (Å²) in [5.41, 5.74) is 2.36. The first-order chi connectivity index (χ1) is 10.2. The minimum absolute atomic E-state index is 0.000968. The van der Waals surface area contributed by atoms with Crippen molar-refractivity contribution in [3.63, 3.8) is 0 Å². The Hall–Kier alpha value is -2.60. The molecule has 2 aromatic rings. The monoisotopic (exact) mass is 279 g/mol. The van der Waals surface area contributed by atoms with Crippen molar-refractivity contribution in [2.75, 3.05) is 6.61 Å². The van der Waals surface area contributed by atoms with Gasteiger partial charge < -0.3 is 4.74 Å². The summed E-state index contributed by atoms with van der Waals surface area (Å²) in [6.07, 6.45) is 2.15. The molecule has 0 atom stereocenters. The van der Waals surface area contributed by atoms with Crippen molar-refractivity contribution in [2.45, 2.75) is 19.8 Å². The van der Waals surface area contributed by atoms with Crippen molar-refractivity contribution in [3.8, 4) is 11.8 Å². The molecule has 21 heavy (non-hydrogen) atoms. The van der Waals surface area contributed by atoms with Gasteiger partial charge in [-0.25, -0.2) is 0 Å². The Bertz CT molecular complexity index is 636. The molecule has 0 saturated heterocycles. The van der Waals surface area contributed by atoms with Crippen LogP contribution < -0.4 is 4.74 Å². The summed E-state index contributed by atoms with van der Waals surface area (Å²) >= 11 is 0. The fourth-order valence-corrected chi connectivity index (χ4v) is 2.00. The zero-order valence-corrected chi connectivity index (χ0v) is 12.0. The molecule has 3 nitrogen and oxygen atoms in total. The first kappa shape index (κ1) is 14.8. The second-order valence-electron chi connectivity index (χ2n) is 4.79. The number of ketones is 1. The van der Waals surface area contributed by atoms with E-state index in [0.717, 1.165) is 12.8 Å². The van der Waals surface area contributed by atoms with Gasteiger partial charge in [0.1, 0.15) is 5.75 Å². The van der Waals surface area contributed by atoms with Gasteiger partial charge in [-0.05, 0) is 48.4 Å². The van der Waals surface area contributed by atoms with Crippen molar-refractivity contribution in [2.24, 2.45) is 0 Å². The van der Waals surface area contributed by atoms with Crippen molar-refractivity contribution in [3.05, 3.63) is 65.2 Å². The topological polar surface area (TPSA) is 50.1 Å². The molecule has 2 aromatic carbocycles. The SMILES string of the molecule is CCCc1ccc(OCC(=O)c2ccc(C#N)cc2)cc1. The molecule has 0 heterocycles. The lowest BCUT2D eigenvalue weighted by Crippen LogP contribution is -2.11. The Morgan fingerprint density at radius 2 is 1.76 bits per heavy atom. The van der Waals surface area contributed by atoms with Crippen LogP contribution in [0, 0.1) is 11.3 Å². The fourth-order valence-electron chi connectivity index (χ4n) is 2.00. The molecule has 0 amide bonds. The van der Waals surface area contributed by atoms with Crippen LogP contribution in [0.2, 0.25) is 0 Å². The molecule has 0 spiro atoms. The Morgan fingerprint density at radius 1 is 1.10 bits per heavy atom. The van der Waals surface area contributed by atoms with Gasteiger partial charge in [-0.3, -0.25) is 4.79 Å². The predicted molar refractivity (Wildman–Crippen MR) is 81.4 cm³/mol. The number of nitrogens with zero attached hydrogens (tertiary/aromatic N) is 1. The highest BCUT2D eigenvalue weighted by Crippen LogP contribution is 2.14. The summed E-state index contributed by atoms with van der Waals surface area (Å²) in [6.45, 7) is 2.14. The van der Waals surface area contributed by atoms with Gasteiger partial charge in [0.15, 0.2) is 12.4 Å². The van der Waals surface area contributed by atoms with E-state index in [1.54, 1.807) is 24.3 Å². The highest BCUT2D eigenvalue weighted by atomic mass is 16.5. The third-order valence-electron chi connectivity index (χ3n) is 3.17. The standard InChI is InChI=1S/C18H17NO2/c1-2-3-14-6-10-17(11-7-14)21-13-18(20)16-8-4-15(12-19)5-9-16/h4-11H,2-3,13H2,1H3. The fraction of sp³-hybridized carbons (Fsp3) is 0.222. The molecule has 0 fully saturated rings. The van der Waals surface area contributed by atoms with Crippen molar-refractivity contribution in [1.82, 2.24) is 0 Å². The third kappa shape index (κ3) is 4.19. The number of hydrogen-bond acceptors (Lipinski definition) is 3. The molecular formula is C18H17NO2. The van der Waals surface area contributed by atoms with Crippen LogP contribution in [-0.4, -0.2) is 12.4 Å². The third-order valence-corrected chi connectivity index (χ3v) is 3.17. The maximum absolute atomic E-state index is 12.0. The number of aryl methyl sites for hydroxylation is 1. The van der Waals surface area contributed by atoms with E-state index in [2.05, 4.69) is 6.92 Å². The maximum atomic E-state index is 12.0. The number of benzene rings is 2. The summed E-state index contributed by atoms with van der Waals surface area (Å²) in [7, 11) is 0. The summed E-state index contributed by atoms with van der Waals surface area (Å²) < 4.78 is 5.50. The molecule has 3 heteroatoms. The smallest absolute Gasteiger partial charge is 0.200 e. The lowest BCUT2D eigenvalue weighted by Gasteiger charge is -2.06. The number of carbonyl (C=O) groups is 1. The normalized spacial score (nSPS) is 9.90. The second-order valence-corrected chi connectivity index (χ2v) is 4.79. The van der Waals surface area contributed by atoms with Gasteiger partial charge in [-0.15, -0.1) is 0 Å². The highest BCUT2D eigenvalue weighted by molar-refractivity contribution is 5.97. The first-order valence-corrected chi connectivity index (χ1v) is 6.98. The average molecular weight is 279 g/mol. The van der Waals surface area contributed by atoms with Crippen LogP contribution >= 0.6 is 0 Å². The van der Waals surface area contributed by atoms with Crippen LogP contribution in [0.3, 0.4) is 0 Å². The Kier molecular flexibility index (Phi) is 5.11. The Balaban J connectivity index is 1.92. The van der Waals surface area contributed by atoms with Gasteiger partial charge >= 0.3 is 0 Å². The van der Waals surface area contributed by atoms with Crippen LogP contribution in [0.1, 0.15) is 34.8 Å². The first-order valence-electron chi connectivity index (χ1n) is 6.98. The molecule has 0 aliphatic rings. The van der Waals surface area contributed by atoms with E-state index < -0.39 is 0 Å². The largest absolute Gasteiger partial charge is 0.485 e. The van der Waals surface area contributed by atoms with E-state index in [0.29, 0.717) is 16.9 Å². The average Bonchev–Trinajstić information content (AvgIpc) is 2.54. The molecule has 0 aliphatic carbocycles. The summed E-state index contributed by atoms with van der Waals surface area (Å²) in [4.78, 5) is 12.0. The molecule has 0 aromatic heterocycles. The molecule has 2 rings (SSSR count). The Morgan fingerprint density at radius 3 is 2.33 bits per heavy atom. The molecule has 0 bridgehead atoms. The minimum Gasteiger partial charge on any atom is -0.485 e. The van der Waals surface area contributed by atoms with Gasteiger partial charge in [0.25, 0.3) is 0 Å². The van der Waals surface area contributed by atoms with E-state index in [-0.39, 0.29) is 12.4 Å². The van der Waals surface area contributed by atoms with E-state index in [1.807, 2.05) is 30.3 Å². The Labute approximate surface area is 124 Å². The summed E-state index contributed by atoms with van der Waals surface area (Å²) in [5.74, 6) is 0.592. The van der Waals surface area contributed by atoms with Crippen molar-refractivity contribution < 1.29 is 9.53 Å². The molecule has 0 N–H and O–H groups in total. The number of rotatable bonds is 6. The van der Waals surface area contributed by atoms with Gasteiger partial charge in [-0.2, -0.15) is 5.26 Å². The van der Waals surface area contributed by atoms with Crippen LogP contribution in [0.5, 0.6) is 5.75 Å². The number of nitriles is 1. The maximum Gasteiger partial charge on any atom is 0.200 e. The highest BCUT2D eigenvalue weighted by Gasteiger charge is 2.07. The van der Waals surface area contributed by atoms with Gasteiger partial charge in [-0.1, -0.05) is 25.5 Å². The van der Waals surface area contributed by atoms with Gasteiger partial charge in [0.05, 0.1) is 11.6 Å². The lowest BCUT2D eigenvalue weighted by molar-refractivity contribution is 0.0921. The minimum atomic E-state index is -0.0999. The molecular weight excluding hydrogens is 262 g/mol. The summed E-state index contributed by atoms with van der Waals surface area (Å²) in [5, 5.41) is 8.72. The number of carbonyl (C=O) groups excluding carboxylic acids is 1. The summed E-state index contributed by atoms with van der Waals surface area (Å²) in [6, 6.07) is 16.4. The predicted octanol–water partition coefficient (Wildman–Crippen LogP) is 3.77. The molecule has 0 radical (unpaired) electrons. The van der Waals surface area contributed by atoms with Gasteiger partial charge in [0, 0.05) is 5.56 Å². The zero-order valence-electron chi connectivity index (χ0n) is 12.0. The van der Waals surface area contributed by atoms with Crippen LogP contribution in [-0.2, 0) is 6.42 Å². The molecule has 106 valence electrons. The second kappa shape index (κ2) is 7.25. The van der Waals surface area contributed by atoms with E-state index in [4.69, 9.17) is 10.00 Å². The number of Topliss-reactive ketones (excluding diaryl/α,β-unsaturated/α-hetero) is 1. The molecule has 0 unspecified atom stereocenters. The van der Waals surface area contributed by atoms with Crippen LogP contribution in [0.4, 0.5) is 0 Å². The van der Waals surface area contributed by atoms with Crippen molar-refractivity contribution in [1.29, 1.82) is 5.26 Å². The van der Waals surface area contributed by atoms with E-state index in [9.17, 15) is 4.79 Å².